The number of hydrogen-bond donors (Lipinski definition) is 0. The molecule has 52 valence electrons. The average molecular weight is 189 g/mol. The molecule has 0 aromatic carbocycles. The Morgan fingerprint density at radius 2 is 1.56 bits per heavy atom. The van der Waals surface area contributed by atoms with Gasteiger partial charge in [0.1, 0.15) is 0 Å². The van der Waals surface area contributed by atoms with Crippen molar-refractivity contribution >= 4 is 15.0 Å². The Balaban J connectivity index is 1.93. The van der Waals surface area contributed by atoms with E-state index in [1.54, 1.807) is 23.5 Å². The van der Waals surface area contributed by atoms with Crippen LogP contribution >= 0.6 is 0 Å². The molecule has 2 fully saturated rings. The van der Waals surface area contributed by atoms with Crippen molar-refractivity contribution in [2.24, 2.45) is 5.41 Å². The summed E-state index contributed by atoms with van der Waals surface area (Å²) in [5, 5.41) is 3.25. The van der Waals surface area contributed by atoms with E-state index in [0.717, 1.165) is 20.4 Å². The fraction of sp³-hybridized carbons (Fsp3) is 1.00. The van der Waals surface area contributed by atoms with Gasteiger partial charge in [-0.05, 0) is 0 Å². The third kappa shape index (κ3) is 1.06. The first-order valence-electron chi connectivity index (χ1n) is 3.99. The van der Waals surface area contributed by atoms with E-state index in [4.69, 9.17) is 0 Å². The van der Waals surface area contributed by atoms with E-state index in [9.17, 15) is 0 Å². The zero-order chi connectivity index (χ0) is 6.16. The summed E-state index contributed by atoms with van der Waals surface area (Å²) >= 11 is 1.07. The van der Waals surface area contributed by atoms with Gasteiger partial charge in [0.15, 0.2) is 0 Å². The first-order valence-corrected chi connectivity index (χ1v) is 6.41. The van der Waals surface area contributed by atoms with Crippen molar-refractivity contribution in [2.75, 3.05) is 0 Å². The predicted molar refractivity (Wildman–Crippen MR) is 40.9 cm³/mol. The number of rotatable bonds is 0. The molecule has 0 aromatic heterocycles. The summed E-state index contributed by atoms with van der Waals surface area (Å²) in [6, 6.07) is 0. The molecule has 0 aromatic rings. The molecule has 2 rings (SSSR count). The van der Waals surface area contributed by atoms with E-state index in [2.05, 4.69) is 0 Å². The van der Waals surface area contributed by atoms with Gasteiger partial charge in [-0.25, -0.2) is 0 Å². The van der Waals surface area contributed by atoms with E-state index in [-0.39, 0.29) is 0 Å². The van der Waals surface area contributed by atoms with E-state index in [1.165, 1.54) is 19.3 Å². The van der Waals surface area contributed by atoms with Crippen molar-refractivity contribution in [3.8, 4) is 0 Å². The van der Waals surface area contributed by atoms with Gasteiger partial charge >= 0.3 is 63.1 Å². The summed E-state index contributed by atoms with van der Waals surface area (Å²) in [5.74, 6) is 0. The molecule has 1 heteroatoms. The summed E-state index contributed by atoms with van der Waals surface area (Å²) < 4.78 is 0. The molecule has 9 heavy (non-hydrogen) atoms. The summed E-state index contributed by atoms with van der Waals surface area (Å²) in [6.07, 6.45) is 7.75. The fourth-order valence-electron chi connectivity index (χ4n) is 1.98. The Morgan fingerprint density at radius 1 is 0.889 bits per heavy atom. The molecule has 2 aliphatic rings. The Labute approximate surface area is 63.6 Å². The molecule has 0 bridgehead atoms. The third-order valence-electron chi connectivity index (χ3n) is 2.73. The monoisotopic (exact) mass is 190 g/mol. The zero-order valence-corrected chi connectivity index (χ0v) is 7.57. The van der Waals surface area contributed by atoms with Gasteiger partial charge in [-0.2, -0.15) is 0 Å². The van der Waals surface area contributed by atoms with Crippen LogP contribution in [0.25, 0.3) is 0 Å². The Morgan fingerprint density at radius 3 is 1.89 bits per heavy atom. The van der Waals surface area contributed by atoms with Gasteiger partial charge in [0.05, 0.1) is 0 Å². The van der Waals surface area contributed by atoms with Crippen molar-refractivity contribution in [3.05, 3.63) is 0 Å². The van der Waals surface area contributed by atoms with Crippen molar-refractivity contribution in [2.45, 2.75) is 42.7 Å². The van der Waals surface area contributed by atoms with Crippen LogP contribution in [0.5, 0.6) is 0 Å². The van der Waals surface area contributed by atoms with Crippen LogP contribution in [0.1, 0.15) is 32.1 Å². The second kappa shape index (κ2) is 2.29. The number of hydrogen-bond acceptors (Lipinski definition) is 0. The van der Waals surface area contributed by atoms with E-state index in [1.807, 2.05) is 0 Å². The van der Waals surface area contributed by atoms with Gasteiger partial charge in [-0.1, -0.05) is 0 Å². The standard InChI is InChI=1S/C8H14Se/c1-2-4-8(5-3-1)6-9-7-8/h1-7H2. The van der Waals surface area contributed by atoms with Crippen LogP contribution in [0.2, 0.25) is 10.6 Å². The first kappa shape index (κ1) is 6.24. The molecule has 0 N–H and O–H groups in total. The molecule has 1 heterocycles. The Hall–Kier alpha value is 0.519. The van der Waals surface area contributed by atoms with Gasteiger partial charge in [-0.3, -0.25) is 0 Å². The van der Waals surface area contributed by atoms with Crippen LogP contribution in [0.4, 0.5) is 0 Å². The molecule has 0 atom stereocenters. The maximum absolute atomic E-state index is 1.62. The van der Waals surface area contributed by atoms with Crippen molar-refractivity contribution in [1.82, 2.24) is 0 Å². The molecule has 1 saturated carbocycles. The molecule has 0 radical (unpaired) electrons. The van der Waals surface area contributed by atoms with Crippen molar-refractivity contribution in [1.29, 1.82) is 0 Å². The van der Waals surface area contributed by atoms with Crippen LogP contribution in [0, 0.1) is 5.41 Å². The van der Waals surface area contributed by atoms with Gasteiger partial charge in [0, 0.05) is 0 Å². The fourth-order valence-corrected chi connectivity index (χ4v) is 4.83. The second-order valence-electron chi connectivity index (χ2n) is 3.55. The molecule has 0 unspecified atom stereocenters. The maximum atomic E-state index is 1.62. The molecule has 1 aliphatic carbocycles. The van der Waals surface area contributed by atoms with Crippen molar-refractivity contribution < 1.29 is 0 Å². The topological polar surface area (TPSA) is 0 Å². The Kier molecular flexibility index (Phi) is 1.59. The van der Waals surface area contributed by atoms with E-state index < -0.39 is 0 Å². The second-order valence-corrected chi connectivity index (χ2v) is 5.62. The molecule has 0 amide bonds. The SMILES string of the molecule is C1CCC2(CC1)C[Se]C2. The normalized spacial score (nSPS) is 32.0. The minimum atomic E-state index is 0.929. The summed E-state index contributed by atoms with van der Waals surface area (Å²) in [7, 11) is 0. The minimum absolute atomic E-state index is 0.929. The molecule has 1 aliphatic heterocycles. The molecule has 1 saturated heterocycles. The van der Waals surface area contributed by atoms with Crippen LogP contribution in [-0.2, 0) is 0 Å². The first-order chi connectivity index (χ1) is 4.41. The molecule has 0 nitrogen and oxygen atoms in total. The Bertz CT molecular complexity index is 97.1. The van der Waals surface area contributed by atoms with Gasteiger partial charge in [0.25, 0.3) is 0 Å². The summed E-state index contributed by atoms with van der Waals surface area (Å²) in [6.45, 7) is 0. The van der Waals surface area contributed by atoms with Crippen LogP contribution < -0.4 is 0 Å². The van der Waals surface area contributed by atoms with Crippen LogP contribution in [0.15, 0.2) is 0 Å². The molecule has 1 spiro atoms. The van der Waals surface area contributed by atoms with Crippen LogP contribution in [0.3, 0.4) is 0 Å². The third-order valence-corrected chi connectivity index (χ3v) is 6.16. The van der Waals surface area contributed by atoms with Gasteiger partial charge in [0.2, 0.25) is 0 Å². The van der Waals surface area contributed by atoms with Crippen molar-refractivity contribution in [3.63, 3.8) is 0 Å². The summed E-state index contributed by atoms with van der Waals surface area (Å²) in [4.78, 5) is 0. The van der Waals surface area contributed by atoms with Gasteiger partial charge < -0.3 is 0 Å². The molecular weight excluding hydrogens is 175 g/mol. The van der Waals surface area contributed by atoms with E-state index >= 15 is 0 Å². The van der Waals surface area contributed by atoms with Gasteiger partial charge in [-0.15, -0.1) is 0 Å². The van der Waals surface area contributed by atoms with Crippen LogP contribution in [-0.4, -0.2) is 15.0 Å². The predicted octanol–water partition coefficient (Wildman–Crippen LogP) is 2.49. The summed E-state index contributed by atoms with van der Waals surface area (Å²) in [5.41, 5.74) is 0.929. The quantitative estimate of drug-likeness (QED) is 0.513. The zero-order valence-electron chi connectivity index (χ0n) is 5.86. The van der Waals surface area contributed by atoms with E-state index in [0.29, 0.717) is 0 Å². The average Bonchev–Trinajstić information content (AvgIpc) is 1.87. The molecular formula is C8H14Se.